The van der Waals surface area contributed by atoms with E-state index in [0.29, 0.717) is 13.0 Å². The van der Waals surface area contributed by atoms with Crippen LogP contribution in [0.5, 0.6) is 0 Å². The molecule has 0 saturated heterocycles. The van der Waals surface area contributed by atoms with Crippen molar-refractivity contribution >= 4 is 16.7 Å². The van der Waals surface area contributed by atoms with Crippen molar-refractivity contribution in [2.24, 2.45) is 0 Å². The van der Waals surface area contributed by atoms with Gasteiger partial charge in [-0.1, -0.05) is 42.5 Å². The molecule has 0 fully saturated rings. The lowest BCUT2D eigenvalue weighted by Gasteiger charge is -2.11. The molecule has 3 N–H and O–H groups in total. The molecule has 0 aliphatic heterocycles. The van der Waals surface area contributed by atoms with Gasteiger partial charge in [0.2, 0.25) is 0 Å². The normalized spacial score (nSPS) is 12.3. The molecule has 0 radical (unpaired) electrons. The second-order valence-electron chi connectivity index (χ2n) is 4.27. The SMILES string of the molecule is CCOC(=O)C[C@H]([NH3+])c1cccc2ccccc12. The van der Waals surface area contributed by atoms with Gasteiger partial charge in [-0.3, -0.25) is 4.79 Å². The van der Waals surface area contributed by atoms with E-state index < -0.39 is 0 Å². The largest absolute Gasteiger partial charge is 0.466 e. The molecule has 0 amide bonds. The number of hydrogen-bond donors (Lipinski definition) is 1. The molecule has 0 aliphatic rings. The lowest BCUT2D eigenvalue weighted by Crippen LogP contribution is -2.54. The first-order valence-electron chi connectivity index (χ1n) is 6.18. The van der Waals surface area contributed by atoms with Crippen LogP contribution in [0.1, 0.15) is 24.9 Å². The first kappa shape index (κ1) is 12.6. The van der Waals surface area contributed by atoms with Gasteiger partial charge in [0.15, 0.2) is 0 Å². The Balaban J connectivity index is 2.27. The number of esters is 1. The summed E-state index contributed by atoms with van der Waals surface area (Å²) in [5.74, 6) is -0.189. The molecule has 3 nitrogen and oxygen atoms in total. The molecule has 2 rings (SSSR count). The molecular weight excluding hydrogens is 226 g/mol. The zero-order chi connectivity index (χ0) is 13.0. The Labute approximate surface area is 107 Å². The summed E-state index contributed by atoms with van der Waals surface area (Å²) in [6, 6.07) is 14.2. The molecule has 2 aromatic rings. The highest BCUT2D eigenvalue weighted by Crippen LogP contribution is 2.23. The number of quaternary nitrogens is 1. The first-order chi connectivity index (χ1) is 8.72. The molecule has 0 unspecified atom stereocenters. The van der Waals surface area contributed by atoms with E-state index in [4.69, 9.17) is 4.74 Å². The molecule has 0 saturated carbocycles. The van der Waals surface area contributed by atoms with Crippen LogP contribution in [-0.4, -0.2) is 12.6 Å². The van der Waals surface area contributed by atoms with E-state index in [1.807, 2.05) is 31.2 Å². The van der Waals surface area contributed by atoms with Crippen LogP contribution >= 0.6 is 0 Å². The smallest absolute Gasteiger partial charge is 0.312 e. The van der Waals surface area contributed by atoms with Crippen molar-refractivity contribution in [1.29, 1.82) is 0 Å². The third kappa shape index (κ3) is 2.68. The maximum atomic E-state index is 11.5. The van der Waals surface area contributed by atoms with Crippen molar-refractivity contribution in [2.75, 3.05) is 6.61 Å². The molecule has 18 heavy (non-hydrogen) atoms. The van der Waals surface area contributed by atoms with Gasteiger partial charge in [-0.25, -0.2) is 0 Å². The third-order valence-corrected chi connectivity index (χ3v) is 2.98. The van der Waals surface area contributed by atoms with Crippen molar-refractivity contribution in [3.05, 3.63) is 48.0 Å². The van der Waals surface area contributed by atoms with Crippen LogP contribution in [0, 0.1) is 0 Å². The van der Waals surface area contributed by atoms with E-state index in [9.17, 15) is 4.79 Å². The van der Waals surface area contributed by atoms with Crippen LogP contribution in [0.15, 0.2) is 42.5 Å². The minimum absolute atomic E-state index is 0.0739. The van der Waals surface area contributed by atoms with Crippen LogP contribution < -0.4 is 5.73 Å². The van der Waals surface area contributed by atoms with Gasteiger partial charge in [0, 0.05) is 5.56 Å². The second-order valence-corrected chi connectivity index (χ2v) is 4.27. The highest BCUT2D eigenvalue weighted by Gasteiger charge is 2.17. The van der Waals surface area contributed by atoms with Crippen molar-refractivity contribution in [1.82, 2.24) is 0 Å². The molecule has 94 valence electrons. The molecule has 0 heterocycles. The van der Waals surface area contributed by atoms with Crippen LogP contribution in [0.3, 0.4) is 0 Å². The zero-order valence-electron chi connectivity index (χ0n) is 10.6. The summed E-state index contributed by atoms with van der Waals surface area (Å²) < 4.78 is 4.97. The number of rotatable bonds is 4. The van der Waals surface area contributed by atoms with Crippen molar-refractivity contribution in [2.45, 2.75) is 19.4 Å². The van der Waals surface area contributed by atoms with E-state index in [0.717, 1.165) is 10.9 Å². The van der Waals surface area contributed by atoms with Gasteiger partial charge < -0.3 is 10.5 Å². The van der Waals surface area contributed by atoms with Crippen LogP contribution in [0.25, 0.3) is 10.8 Å². The zero-order valence-corrected chi connectivity index (χ0v) is 10.6. The molecule has 1 atom stereocenters. The lowest BCUT2D eigenvalue weighted by molar-refractivity contribution is -0.425. The summed E-state index contributed by atoms with van der Waals surface area (Å²) >= 11 is 0. The Bertz CT molecular complexity index is 546. The fraction of sp³-hybridized carbons (Fsp3) is 0.267. The minimum Gasteiger partial charge on any atom is -0.466 e. The third-order valence-electron chi connectivity index (χ3n) is 2.98. The Hall–Kier alpha value is -1.87. The maximum absolute atomic E-state index is 11.5. The number of fused-ring (bicyclic) bond motifs is 1. The van der Waals surface area contributed by atoms with Crippen LogP contribution in [-0.2, 0) is 9.53 Å². The maximum Gasteiger partial charge on any atom is 0.312 e. The fourth-order valence-electron chi connectivity index (χ4n) is 2.14. The second kappa shape index (κ2) is 5.65. The van der Waals surface area contributed by atoms with E-state index in [2.05, 4.69) is 23.9 Å². The van der Waals surface area contributed by atoms with Gasteiger partial charge in [-0.05, 0) is 17.7 Å². The van der Waals surface area contributed by atoms with Crippen molar-refractivity contribution in [3.63, 3.8) is 0 Å². The van der Waals surface area contributed by atoms with Crippen LogP contribution in [0.2, 0.25) is 0 Å². The minimum atomic E-state index is -0.189. The quantitative estimate of drug-likeness (QED) is 0.837. The highest BCUT2D eigenvalue weighted by atomic mass is 16.5. The molecule has 0 aromatic heterocycles. The molecular formula is C15H18NO2+. The standard InChI is InChI=1S/C15H17NO2/c1-2-18-15(17)10-14(16)13-9-5-7-11-6-3-4-8-12(11)13/h3-9,14H,2,10,16H2,1H3/p+1/t14-/m0/s1. The monoisotopic (exact) mass is 244 g/mol. The van der Waals surface area contributed by atoms with E-state index in [-0.39, 0.29) is 12.0 Å². The van der Waals surface area contributed by atoms with Gasteiger partial charge >= 0.3 is 5.97 Å². The van der Waals surface area contributed by atoms with Gasteiger partial charge in [0.05, 0.1) is 6.61 Å². The Morgan fingerprint density at radius 1 is 1.22 bits per heavy atom. The highest BCUT2D eigenvalue weighted by molar-refractivity contribution is 5.86. The molecule has 0 aliphatic carbocycles. The van der Waals surface area contributed by atoms with E-state index >= 15 is 0 Å². The average molecular weight is 244 g/mol. The summed E-state index contributed by atoms with van der Waals surface area (Å²) in [5.41, 5.74) is 5.18. The van der Waals surface area contributed by atoms with Crippen LogP contribution in [0.4, 0.5) is 0 Å². The predicted molar refractivity (Wildman–Crippen MR) is 70.8 cm³/mol. The summed E-state index contributed by atoms with van der Waals surface area (Å²) in [6.45, 7) is 2.23. The number of ether oxygens (including phenoxy) is 1. The van der Waals surface area contributed by atoms with Crippen molar-refractivity contribution < 1.29 is 15.3 Å². The van der Waals surface area contributed by atoms with Gasteiger partial charge in [-0.2, -0.15) is 0 Å². The first-order valence-corrected chi connectivity index (χ1v) is 6.18. The Morgan fingerprint density at radius 3 is 2.72 bits per heavy atom. The number of benzene rings is 2. The number of hydrogen-bond acceptors (Lipinski definition) is 2. The lowest BCUT2D eigenvalue weighted by atomic mass is 9.97. The van der Waals surface area contributed by atoms with E-state index in [1.165, 1.54) is 5.39 Å². The number of carbonyl (C=O) groups is 1. The number of carbonyl (C=O) groups excluding carboxylic acids is 1. The summed E-state index contributed by atoms with van der Waals surface area (Å²) in [6.07, 6.45) is 0.321. The molecule has 0 bridgehead atoms. The Kier molecular flexibility index (Phi) is 3.95. The fourth-order valence-corrected chi connectivity index (χ4v) is 2.14. The average Bonchev–Trinajstić information content (AvgIpc) is 2.38. The van der Waals surface area contributed by atoms with Gasteiger partial charge in [0.1, 0.15) is 12.5 Å². The summed E-state index contributed by atoms with van der Waals surface area (Å²) in [4.78, 5) is 11.5. The van der Waals surface area contributed by atoms with Gasteiger partial charge in [-0.15, -0.1) is 0 Å². The van der Waals surface area contributed by atoms with E-state index in [1.54, 1.807) is 0 Å². The van der Waals surface area contributed by atoms with Gasteiger partial charge in [0.25, 0.3) is 0 Å². The topological polar surface area (TPSA) is 53.9 Å². The summed E-state index contributed by atoms with van der Waals surface area (Å²) in [5, 5.41) is 2.33. The predicted octanol–water partition coefficient (Wildman–Crippen LogP) is 2.08. The molecule has 3 heteroatoms. The van der Waals surface area contributed by atoms with Crippen molar-refractivity contribution in [3.8, 4) is 0 Å². The summed E-state index contributed by atoms with van der Waals surface area (Å²) in [7, 11) is 0. The Morgan fingerprint density at radius 2 is 1.94 bits per heavy atom. The molecule has 0 spiro atoms. The molecule has 2 aromatic carbocycles.